The Morgan fingerprint density at radius 1 is 1.16 bits per heavy atom. The molecule has 4 rings (SSSR count). The van der Waals surface area contributed by atoms with Crippen molar-refractivity contribution in [1.29, 1.82) is 5.26 Å². The van der Waals surface area contributed by atoms with E-state index in [2.05, 4.69) is 31.2 Å². The minimum atomic E-state index is -0.446. The lowest BCUT2D eigenvalue weighted by atomic mass is 9.91. The van der Waals surface area contributed by atoms with Crippen LogP contribution in [0.4, 0.5) is 0 Å². The van der Waals surface area contributed by atoms with Gasteiger partial charge >= 0.3 is 0 Å². The molecule has 11 heteroatoms. The molecule has 38 heavy (non-hydrogen) atoms. The molecule has 1 aliphatic rings. The summed E-state index contributed by atoms with van der Waals surface area (Å²) < 4.78 is 5.27. The number of methoxy groups -OCH3 is 1. The molecule has 2 amide bonds. The van der Waals surface area contributed by atoms with Crippen molar-refractivity contribution >= 4 is 23.4 Å². The van der Waals surface area contributed by atoms with Crippen LogP contribution >= 0.6 is 11.6 Å². The zero-order chi connectivity index (χ0) is 27.2. The minimum Gasteiger partial charge on any atom is -0.497 e. The number of hydrogen-bond donors (Lipinski definition) is 1. The van der Waals surface area contributed by atoms with Crippen LogP contribution in [-0.2, 0) is 11.3 Å². The molecular weight excluding hydrogens is 506 g/mol. The van der Waals surface area contributed by atoms with Crippen LogP contribution in [0.3, 0.4) is 0 Å². The highest BCUT2D eigenvalue weighted by atomic mass is 35.5. The minimum absolute atomic E-state index is 0.0968. The highest BCUT2D eigenvalue weighted by molar-refractivity contribution is 6.29. The Morgan fingerprint density at radius 2 is 1.92 bits per heavy atom. The summed E-state index contributed by atoms with van der Waals surface area (Å²) in [6, 6.07) is 14.4. The third kappa shape index (κ3) is 5.90. The summed E-state index contributed by atoms with van der Waals surface area (Å²) in [7, 11) is 3.14. The third-order valence-corrected chi connectivity index (χ3v) is 6.79. The van der Waals surface area contributed by atoms with Crippen molar-refractivity contribution in [1.82, 2.24) is 30.1 Å². The summed E-state index contributed by atoms with van der Waals surface area (Å²) in [5.41, 5.74) is 2.85. The van der Waals surface area contributed by atoms with Gasteiger partial charge < -0.3 is 15.0 Å². The number of pyridine rings is 1. The molecule has 3 aromatic rings. The predicted molar refractivity (Wildman–Crippen MR) is 141 cm³/mol. The number of benzene rings is 1. The first-order valence-electron chi connectivity index (χ1n) is 12.1. The molecule has 3 heterocycles. The molecule has 2 unspecified atom stereocenters. The first kappa shape index (κ1) is 27.0. The zero-order valence-corrected chi connectivity index (χ0v) is 22.1. The Balaban J connectivity index is 1.74. The molecule has 0 bridgehead atoms. The molecule has 2 aromatic heterocycles. The van der Waals surface area contributed by atoms with E-state index in [9.17, 15) is 14.9 Å². The number of rotatable bonds is 7. The number of aromatic nitrogens is 3. The maximum absolute atomic E-state index is 12.8. The van der Waals surface area contributed by atoms with Gasteiger partial charge in [0.1, 0.15) is 22.9 Å². The highest BCUT2D eigenvalue weighted by Gasteiger charge is 2.39. The van der Waals surface area contributed by atoms with Gasteiger partial charge in [-0.2, -0.15) is 5.26 Å². The zero-order valence-electron chi connectivity index (χ0n) is 21.4. The van der Waals surface area contributed by atoms with Crippen molar-refractivity contribution in [2.75, 3.05) is 27.2 Å². The average molecular weight is 534 g/mol. The first-order chi connectivity index (χ1) is 18.3. The smallest absolute Gasteiger partial charge is 0.269 e. The van der Waals surface area contributed by atoms with Gasteiger partial charge in [-0.3, -0.25) is 14.5 Å². The van der Waals surface area contributed by atoms with E-state index in [1.807, 2.05) is 30.3 Å². The molecule has 1 saturated heterocycles. The lowest BCUT2D eigenvalue weighted by Gasteiger charge is -2.47. The van der Waals surface area contributed by atoms with Gasteiger partial charge in [-0.1, -0.05) is 23.7 Å². The summed E-state index contributed by atoms with van der Waals surface area (Å²) in [6.07, 6.45) is 1.49. The second kappa shape index (κ2) is 12.0. The monoisotopic (exact) mass is 533 g/mol. The van der Waals surface area contributed by atoms with Gasteiger partial charge in [0.25, 0.3) is 5.91 Å². The Hall–Kier alpha value is -4.07. The van der Waals surface area contributed by atoms with Crippen molar-refractivity contribution in [3.05, 3.63) is 70.8 Å². The Labute approximate surface area is 226 Å². The Kier molecular flexibility index (Phi) is 8.51. The van der Waals surface area contributed by atoms with E-state index in [0.717, 1.165) is 16.9 Å². The summed E-state index contributed by atoms with van der Waals surface area (Å²) >= 11 is 6.47. The number of carbonyl (C=O) groups is 2. The van der Waals surface area contributed by atoms with Crippen molar-refractivity contribution in [2.24, 2.45) is 0 Å². The fourth-order valence-electron chi connectivity index (χ4n) is 4.77. The largest absolute Gasteiger partial charge is 0.497 e. The van der Waals surface area contributed by atoms with Gasteiger partial charge in [0.15, 0.2) is 0 Å². The lowest BCUT2D eigenvalue weighted by Crippen LogP contribution is -2.55. The van der Waals surface area contributed by atoms with E-state index >= 15 is 0 Å². The molecule has 0 radical (unpaired) electrons. The van der Waals surface area contributed by atoms with Gasteiger partial charge in [0.2, 0.25) is 5.91 Å². The molecule has 0 aliphatic carbocycles. The highest BCUT2D eigenvalue weighted by Crippen LogP contribution is 2.36. The van der Waals surface area contributed by atoms with Crippen LogP contribution in [0.25, 0.3) is 11.4 Å². The molecular formula is C27H28ClN7O3. The summed E-state index contributed by atoms with van der Waals surface area (Å²) in [4.78, 5) is 41.6. The van der Waals surface area contributed by atoms with Crippen LogP contribution in [0, 0.1) is 11.3 Å². The second-order valence-corrected chi connectivity index (χ2v) is 9.27. The standard InChI is InChI=1S/C27H28ClN7O3/c1-17(36)35-11-10-34(15-18-4-6-20(38-3)7-5-18)24(8-9-29)26(35)19-12-22(33-25(28)13-19)21-14-23(27(37)30-2)32-16-31-21/h4-7,12-14,16,24,26H,8,10-11,15H2,1-3H3,(H,30,37). The van der Waals surface area contributed by atoms with Crippen LogP contribution in [0.1, 0.15) is 41.0 Å². The van der Waals surface area contributed by atoms with Gasteiger partial charge in [0, 0.05) is 39.6 Å². The van der Waals surface area contributed by atoms with Crippen LogP contribution in [0.5, 0.6) is 5.75 Å². The molecule has 196 valence electrons. The third-order valence-electron chi connectivity index (χ3n) is 6.59. The Morgan fingerprint density at radius 3 is 2.58 bits per heavy atom. The van der Waals surface area contributed by atoms with E-state index in [-0.39, 0.29) is 35.1 Å². The normalized spacial score (nSPS) is 17.5. The maximum Gasteiger partial charge on any atom is 0.269 e. The molecule has 2 atom stereocenters. The fourth-order valence-corrected chi connectivity index (χ4v) is 4.99. The van der Waals surface area contributed by atoms with E-state index in [0.29, 0.717) is 31.0 Å². The summed E-state index contributed by atoms with van der Waals surface area (Å²) in [6.45, 7) is 3.23. The molecule has 1 fully saturated rings. The summed E-state index contributed by atoms with van der Waals surface area (Å²) in [5.74, 6) is 0.319. The van der Waals surface area contributed by atoms with Gasteiger partial charge in [-0.15, -0.1) is 0 Å². The van der Waals surface area contributed by atoms with Crippen molar-refractivity contribution in [2.45, 2.75) is 32.0 Å². The number of amides is 2. The number of halogens is 1. The van der Waals surface area contributed by atoms with Crippen LogP contribution in [0.15, 0.2) is 48.8 Å². The number of nitriles is 1. The van der Waals surface area contributed by atoms with Crippen molar-refractivity contribution < 1.29 is 14.3 Å². The second-order valence-electron chi connectivity index (χ2n) is 8.88. The first-order valence-corrected chi connectivity index (χ1v) is 12.5. The van der Waals surface area contributed by atoms with Gasteiger partial charge in [-0.25, -0.2) is 15.0 Å². The van der Waals surface area contributed by atoms with Gasteiger partial charge in [-0.05, 0) is 41.5 Å². The topological polar surface area (TPSA) is 124 Å². The van der Waals surface area contributed by atoms with Crippen molar-refractivity contribution in [3.63, 3.8) is 0 Å². The molecule has 1 N–H and O–H groups in total. The summed E-state index contributed by atoms with van der Waals surface area (Å²) in [5, 5.41) is 12.5. The Bertz CT molecular complexity index is 1360. The number of ether oxygens (including phenoxy) is 1. The number of nitrogens with zero attached hydrogens (tertiary/aromatic N) is 6. The molecule has 1 aliphatic heterocycles. The molecule has 0 saturated carbocycles. The quantitative estimate of drug-likeness (QED) is 0.459. The number of piperazine rings is 1. The van der Waals surface area contributed by atoms with Crippen LogP contribution < -0.4 is 10.1 Å². The lowest BCUT2D eigenvalue weighted by molar-refractivity contribution is -0.136. The van der Waals surface area contributed by atoms with Crippen molar-refractivity contribution in [3.8, 4) is 23.2 Å². The molecule has 10 nitrogen and oxygen atoms in total. The molecule has 1 aromatic carbocycles. The number of nitrogens with one attached hydrogen (secondary N) is 1. The van der Waals surface area contributed by atoms with E-state index in [1.54, 1.807) is 18.1 Å². The SMILES string of the molecule is CNC(=O)c1cc(-c2cc(C3C(CC#N)N(Cc4ccc(OC)cc4)CCN3C(C)=O)cc(Cl)n2)ncn1. The van der Waals surface area contributed by atoms with E-state index in [4.69, 9.17) is 16.3 Å². The van der Waals surface area contributed by atoms with E-state index in [1.165, 1.54) is 26.4 Å². The van der Waals surface area contributed by atoms with Gasteiger partial charge in [0.05, 0.1) is 37.0 Å². The van der Waals surface area contributed by atoms with E-state index < -0.39 is 6.04 Å². The maximum atomic E-state index is 12.8. The van der Waals surface area contributed by atoms with Crippen LogP contribution in [0.2, 0.25) is 5.15 Å². The number of carbonyl (C=O) groups excluding carboxylic acids is 2. The predicted octanol–water partition coefficient (Wildman–Crippen LogP) is 3.25. The van der Waals surface area contributed by atoms with Crippen LogP contribution in [-0.4, -0.2) is 69.9 Å². The average Bonchev–Trinajstić information content (AvgIpc) is 2.93. The fraction of sp³-hybridized carbons (Fsp3) is 0.333. The molecule has 0 spiro atoms. The number of hydrogen-bond acceptors (Lipinski definition) is 8.